The van der Waals surface area contributed by atoms with Crippen LogP contribution in [0, 0.1) is 22.7 Å². The van der Waals surface area contributed by atoms with Gasteiger partial charge in [-0.15, -0.1) is 18.2 Å². The van der Waals surface area contributed by atoms with E-state index in [2.05, 4.69) is 55.1 Å². The summed E-state index contributed by atoms with van der Waals surface area (Å²) in [5, 5.41) is 3.67. The molecule has 4 fully saturated rings. The van der Waals surface area contributed by atoms with Crippen molar-refractivity contribution in [3.8, 4) is 12.3 Å². The molecule has 18 nitrogen and oxygen atoms in total. The van der Waals surface area contributed by atoms with Crippen LogP contribution < -0.4 is 20.6 Å². The Hall–Kier alpha value is -6.82. The highest BCUT2D eigenvalue weighted by Gasteiger charge is 2.49. The first-order chi connectivity index (χ1) is 44.1. The molecule has 0 saturated carbocycles. The number of sulfonamides is 1. The predicted octanol–water partition coefficient (Wildman–Crippen LogP) is 9.99. The van der Waals surface area contributed by atoms with Crippen LogP contribution in [0.5, 0.6) is 0 Å². The minimum Gasteiger partial charge on any atom is -0.380 e. The molecule has 1 aromatic heterocycles. The van der Waals surface area contributed by atoms with E-state index < -0.39 is 64.1 Å². The minimum absolute atomic E-state index is 0.0400. The number of amides is 2. The van der Waals surface area contributed by atoms with Gasteiger partial charge in [0.1, 0.15) is 10.9 Å². The van der Waals surface area contributed by atoms with Crippen molar-refractivity contribution in [3.63, 3.8) is 0 Å². The number of anilines is 2. The predicted molar refractivity (Wildman–Crippen MR) is 351 cm³/mol. The van der Waals surface area contributed by atoms with Crippen LogP contribution in [0.1, 0.15) is 91.2 Å². The average Bonchev–Trinajstić information content (AvgIpc) is 1.38. The number of allylic oxidation sites excluding steroid dienone is 1. The van der Waals surface area contributed by atoms with Crippen LogP contribution in [0.3, 0.4) is 0 Å². The van der Waals surface area contributed by atoms with Gasteiger partial charge in [0.05, 0.1) is 39.4 Å². The van der Waals surface area contributed by atoms with E-state index in [0.29, 0.717) is 93.5 Å². The second-order valence-electron chi connectivity index (χ2n) is 24.8. The number of benzene rings is 5. The third-order valence-electron chi connectivity index (χ3n) is 18.8. The number of likely N-dealkylation sites (tertiary alicyclic amines) is 1. The fourth-order valence-corrected chi connectivity index (χ4v) is 16.7. The Morgan fingerprint density at radius 1 is 0.837 bits per heavy atom. The molecule has 0 spiro atoms. The summed E-state index contributed by atoms with van der Waals surface area (Å²) >= 11 is 7.82. The molecule has 0 bridgehead atoms. The van der Waals surface area contributed by atoms with E-state index in [1.807, 2.05) is 53.3 Å². The zero-order valence-corrected chi connectivity index (χ0v) is 54.5. The van der Waals surface area contributed by atoms with E-state index in [1.165, 1.54) is 35.0 Å². The van der Waals surface area contributed by atoms with E-state index >= 15 is 0 Å². The lowest BCUT2D eigenvalue weighted by molar-refractivity contribution is -0.482. The Bertz CT molecular complexity index is 4060. The van der Waals surface area contributed by atoms with Gasteiger partial charge in [-0.1, -0.05) is 59.5 Å². The molecule has 3 atom stereocenters. The Morgan fingerprint density at radius 2 is 1.58 bits per heavy atom. The number of carbonyl (C=O) groups is 2. The summed E-state index contributed by atoms with van der Waals surface area (Å²) in [4.78, 5) is 59.4. The van der Waals surface area contributed by atoms with Crippen LogP contribution in [-0.2, 0) is 36.4 Å². The summed E-state index contributed by atoms with van der Waals surface area (Å²) in [6, 6.07) is 31.4. The lowest BCUT2D eigenvalue weighted by atomic mass is 9.70. The van der Waals surface area contributed by atoms with Crippen LogP contribution in [-0.4, -0.2) is 166 Å². The average molecular weight is 1340 g/mol. The lowest BCUT2D eigenvalue weighted by Crippen LogP contribution is -2.48. The zero-order chi connectivity index (χ0) is 65.0. The number of piperazine rings is 1. The molecule has 1 unspecified atom stereocenters. The molecule has 4 saturated heterocycles. The van der Waals surface area contributed by atoms with E-state index in [4.69, 9.17) is 22.8 Å². The fourth-order valence-electron chi connectivity index (χ4n) is 13.6. The van der Waals surface area contributed by atoms with Gasteiger partial charge in [-0.3, -0.25) is 18.8 Å². The third-order valence-corrected chi connectivity index (χ3v) is 23.1. The number of rotatable bonds is 20. The number of nitroso groups, excluding NO2 is 1. The number of carbonyl (C=O) groups excluding carboxylic acids is 2. The molecular weight excluding hydrogens is 1260 g/mol. The second-order valence-corrected chi connectivity index (χ2v) is 29.9. The van der Waals surface area contributed by atoms with Gasteiger partial charge in [0.2, 0.25) is 6.54 Å². The molecule has 488 valence electrons. The van der Waals surface area contributed by atoms with Gasteiger partial charge in [-0.2, -0.15) is 13.2 Å². The first kappa shape index (κ1) is 66.6. The van der Waals surface area contributed by atoms with Crippen molar-refractivity contribution < 1.29 is 49.1 Å². The van der Waals surface area contributed by atoms with Gasteiger partial charge in [-0.25, -0.2) is 31.1 Å². The number of thioether (sulfide) groups is 1. The van der Waals surface area contributed by atoms with Crippen LogP contribution in [0.25, 0.3) is 16.6 Å². The quantitative estimate of drug-likeness (QED) is 0.0416. The first-order valence-corrected chi connectivity index (χ1v) is 35.6. The summed E-state index contributed by atoms with van der Waals surface area (Å²) in [6.45, 7) is 8.96. The van der Waals surface area contributed by atoms with E-state index in [1.54, 1.807) is 28.3 Å². The Morgan fingerprint density at radius 3 is 2.28 bits per heavy atom. The topological polar surface area (TPSA) is 196 Å². The second kappa shape index (κ2) is 28.4. The van der Waals surface area contributed by atoms with Crippen molar-refractivity contribution in [2.75, 3.05) is 108 Å². The van der Waals surface area contributed by atoms with E-state index in [9.17, 15) is 49.3 Å². The number of alkyl halides is 3. The van der Waals surface area contributed by atoms with Crippen molar-refractivity contribution in [3.05, 3.63) is 158 Å². The standard InChI is InChI=1S/C67H75ClF3N9O9S3/c1-3-66(46-77-30-25-47(26-31-77)50-14-22-60-61(40-50)74(2)65(83)80(60)55-19-23-63(81)79(84)44-55)28-24-58(48-10-15-52(68)16-11-48)51(42-66)43-76-33-35-78(36-34-76)54-17-12-49(13-18-54)64(82)73-92(87,88)57-20-21-59(62(41-57)91(85,86)67(69,70)71)72-53(45-90-56-8-5-4-6-9-56)27-32-75-29-7-38-89-39-37-75/h1,4-6,8-18,20-22,40-41,47,53,55,72H,7,19,23-39,42-46H2,2H3/p+1/t53-,55?,66-/m1/s1. The molecule has 6 aromatic rings. The maximum Gasteiger partial charge on any atom is 0.501 e. The number of fused-ring (bicyclic) bond motifs is 1. The van der Waals surface area contributed by atoms with Crippen molar-refractivity contribution in [1.29, 1.82) is 0 Å². The highest BCUT2D eigenvalue weighted by molar-refractivity contribution is 7.99. The van der Waals surface area contributed by atoms with Gasteiger partial charge in [0.15, 0.2) is 0 Å². The molecule has 92 heavy (non-hydrogen) atoms. The highest BCUT2D eigenvalue weighted by Crippen LogP contribution is 2.45. The molecule has 25 heteroatoms. The summed E-state index contributed by atoms with van der Waals surface area (Å²) in [5.41, 5.74) is 0.372. The number of piperidine rings is 2. The van der Waals surface area contributed by atoms with Crippen LogP contribution in [0.2, 0.25) is 5.02 Å². The van der Waals surface area contributed by atoms with Crippen molar-refractivity contribution in [2.24, 2.45) is 12.5 Å². The number of hydrogen-bond acceptors (Lipinski definition) is 15. The zero-order valence-electron chi connectivity index (χ0n) is 51.3. The first-order valence-electron chi connectivity index (χ1n) is 31.3. The lowest BCUT2D eigenvalue weighted by Gasteiger charge is -2.43. The molecule has 5 aromatic carbocycles. The number of nitrogens with zero attached hydrogens (tertiary/aromatic N) is 7. The van der Waals surface area contributed by atoms with Gasteiger partial charge in [0, 0.05) is 116 Å². The van der Waals surface area contributed by atoms with Gasteiger partial charge >= 0.3 is 17.1 Å². The number of aryl methyl sites for hydroxylation is 1. The molecule has 0 radical (unpaired) electrons. The van der Waals surface area contributed by atoms with Crippen molar-refractivity contribution >= 4 is 83.0 Å². The summed E-state index contributed by atoms with van der Waals surface area (Å²) in [7, 11) is -9.27. The minimum atomic E-state index is -6.11. The fraction of sp³-hybridized carbons (Fsp3) is 0.448. The van der Waals surface area contributed by atoms with Gasteiger partial charge in [-0.05, 0) is 166 Å². The Balaban J connectivity index is 0.719. The van der Waals surface area contributed by atoms with Crippen LogP contribution in [0.4, 0.5) is 24.5 Å². The molecule has 5 heterocycles. The number of terminal acetylenes is 1. The number of nitrogens with one attached hydrogen (secondary N) is 2. The van der Waals surface area contributed by atoms with Crippen LogP contribution in [0.15, 0.2) is 140 Å². The summed E-state index contributed by atoms with van der Waals surface area (Å²) < 4.78 is 109. The number of ether oxygens (including phenoxy) is 1. The highest BCUT2D eigenvalue weighted by atomic mass is 35.5. The molecule has 2 amide bonds. The number of sulfone groups is 1. The molecule has 5 aliphatic rings. The molecular formula is C67H76ClF3N9O9S3+. The monoisotopic (exact) mass is 1340 g/mol. The van der Waals surface area contributed by atoms with E-state index in [-0.39, 0.29) is 36.2 Å². The van der Waals surface area contributed by atoms with Crippen molar-refractivity contribution in [1.82, 2.24) is 28.6 Å². The largest absolute Gasteiger partial charge is 0.501 e. The molecule has 2 N–H and O–H groups in total. The summed E-state index contributed by atoms with van der Waals surface area (Å²) in [6.07, 6.45) is 12.6. The van der Waals surface area contributed by atoms with E-state index in [0.717, 1.165) is 110 Å². The number of aromatic nitrogens is 2. The normalized spacial score (nSPS) is 20.9. The Kier molecular flexibility index (Phi) is 20.6. The maximum atomic E-state index is 14.4. The van der Waals surface area contributed by atoms with Crippen molar-refractivity contribution in [2.45, 2.75) is 96.0 Å². The van der Waals surface area contributed by atoms with Crippen LogP contribution >= 0.6 is 23.4 Å². The smallest absolute Gasteiger partial charge is 0.380 e. The maximum absolute atomic E-state index is 14.4. The number of hydrogen-bond donors (Lipinski definition) is 2. The van der Waals surface area contributed by atoms with Gasteiger partial charge in [0.25, 0.3) is 25.8 Å². The Labute approximate surface area is 544 Å². The SMILES string of the molecule is C#C[C@@]1(CN2CCC(c3ccc4c(c3)n(C)c(=O)n4C3CCC(=O)[N+](=O)C3)CC2)CCC(c2ccc(Cl)cc2)=C(CN2CCN(c3ccc(C(=O)NS(=O)(=O)c4ccc(N[C@H](CCN5CCCOCC5)CSc5ccccc5)c(S(=O)(=O)C(F)(F)F)c4)cc3)CC2)C1. The third kappa shape index (κ3) is 15.2. The number of imidazole rings is 1. The summed E-state index contributed by atoms with van der Waals surface area (Å²) in [5.74, 6) is 2.42. The number of halogens is 4. The molecule has 11 rings (SSSR count). The molecule has 1 aliphatic carbocycles. The van der Waals surface area contributed by atoms with Gasteiger partial charge < -0.3 is 24.8 Å². The molecule has 4 aliphatic heterocycles.